The number of carbonyl (C=O) groups is 1. The third kappa shape index (κ3) is 3.30. The molecule has 0 spiro atoms. The van der Waals surface area contributed by atoms with Crippen LogP contribution in [0.1, 0.15) is 15.5 Å². The monoisotopic (exact) mass is 365 g/mol. The zero-order chi connectivity index (χ0) is 17.9. The minimum absolute atomic E-state index is 0.00170. The third-order valence-electron chi connectivity index (χ3n) is 4.37. The standard InChI is InChI=1S/C19H19N5OS/c1-14-22-16(17(26-14)15-6-3-2-4-7-15)18(25)23-10-12-24(13-11-23)19-20-8-5-9-21-19/h2-9H,10-13H2,1H3. The van der Waals surface area contributed by atoms with Crippen LogP contribution in [0.15, 0.2) is 48.8 Å². The lowest BCUT2D eigenvalue weighted by molar-refractivity contribution is 0.0741. The Kier molecular flexibility index (Phi) is 4.62. The van der Waals surface area contributed by atoms with Crippen LogP contribution in [0, 0.1) is 6.92 Å². The number of benzene rings is 1. The van der Waals surface area contributed by atoms with Crippen molar-refractivity contribution in [3.63, 3.8) is 0 Å². The molecule has 3 heterocycles. The van der Waals surface area contributed by atoms with E-state index in [9.17, 15) is 4.79 Å². The predicted molar refractivity (Wildman–Crippen MR) is 102 cm³/mol. The molecule has 2 aromatic heterocycles. The number of anilines is 1. The molecule has 0 aliphatic carbocycles. The molecule has 4 rings (SSSR count). The smallest absolute Gasteiger partial charge is 0.274 e. The van der Waals surface area contributed by atoms with E-state index in [0.29, 0.717) is 24.7 Å². The Balaban J connectivity index is 1.51. The molecule has 1 saturated heterocycles. The van der Waals surface area contributed by atoms with Gasteiger partial charge in [-0.05, 0) is 18.6 Å². The fourth-order valence-electron chi connectivity index (χ4n) is 3.07. The molecule has 3 aromatic rings. The molecule has 0 bridgehead atoms. The summed E-state index contributed by atoms with van der Waals surface area (Å²) in [4.78, 5) is 31.1. The average molecular weight is 365 g/mol. The molecule has 0 unspecified atom stereocenters. The summed E-state index contributed by atoms with van der Waals surface area (Å²) in [6, 6.07) is 11.8. The summed E-state index contributed by atoms with van der Waals surface area (Å²) >= 11 is 1.57. The molecule has 1 aliphatic rings. The summed E-state index contributed by atoms with van der Waals surface area (Å²) in [7, 11) is 0. The van der Waals surface area contributed by atoms with Crippen molar-refractivity contribution < 1.29 is 4.79 Å². The molecule has 0 saturated carbocycles. The first-order chi connectivity index (χ1) is 12.7. The van der Waals surface area contributed by atoms with Gasteiger partial charge < -0.3 is 9.80 Å². The number of nitrogens with zero attached hydrogens (tertiary/aromatic N) is 5. The molecule has 0 atom stereocenters. The Morgan fingerprint density at radius 2 is 1.69 bits per heavy atom. The van der Waals surface area contributed by atoms with Crippen molar-refractivity contribution in [3.8, 4) is 10.4 Å². The summed E-state index contributed by atoms with van der Waals surface area (Å²) in [5, 5.41) is 0.906. The fourth-order valence-corrected chi connectivity index (χ4v) is 3.99. The first kappa shape index (κ1) is 16.7. The highest BCUT2D eigenvalue weighted by molar-refractivity contribution is 7.15. The van der Waals surface area contributed by atoms with Crippen LogP contribution in [-0.4, -0.2) is 51.9 Å². The highest BCUT2D eigenvalue weighted by Crippen LogP contribution is 2.31. The summed E-state index contributed by atoms with van der Waals surface area (Å²) < 4.78 is 0. The number of amides is 1. The highest BCUT2D eigenvalue weighted by atomic mass is 32.1. The van der Waals surface area contributed by atoms with E-state index in [4.69, 9.17) is 0 Å². The molecule has 6 nitrogen and oxygen atoms in total. The van der Waals surface area contributed by atoms with E-state index in [2.05, 4.69) is 19.9 Å². The lowest BCUT2D eigenvalue weighted by atomic mass is 10.1. The van der Waals surface area contributed by atoms with Crippen molar-refractivity contribution in [2.24, 2.45) is 0 Å². The van der Waals surface area contributed by atoms with Gasteiger partial charge in [-0.15, -0.1) is 11.3 Å². The summed E-state index contributed by atoms with van der Waals surface area (Å²) in [5.74, 6) is 0.718. The summed E-state index contributed by atoms with van der Waals surface area (Å²) in [6.07, 6.45) is 3.48. The van der Waals surface area contributed by atoms with Crippen molar-refractivity contribution in [2.75, 3.05) is 31.1 Å². The van der Waals surface area contributed by atoms with E-state index in [1.54, 1.807) is 29.8 Å². The van der Waals surface area contributed by atoms with Crippen molar-refractivity contribution in [1.82, 2.24) is 19.9 Å². The number of rotatable bonds is 3. The zero-order valence-electron chi connectivity index (χ0n) is 14.5. The SMILES string of the molecule is Cc1nc(C(=O)N2CCN(c3ncccn3)CC2)c(-c2ccccc2)s1. The van der Waals surface area contributed by atoms with Crippen LogP contribution in [0.3, 0.4) is 0 Å². The summed E-state index contributed by atoms with van der Waals surface area (Å²) in [5.41, 5.74) is 1.60. The van der Waals surface area contributed by atoms with Crippen LogP contribution in [0.2, 0.25) is 0 Å². The van der Waals surface area contributed by atoms with Gasteiger partial charge in [0.1, 0.15) is 5.69 Å². The van der Waals surface area contributed by atoms with Gasteiger partial charge in [-0.25, -0.2) is 15.0 Å². The maximum atomic E-state index is 13.1. The second-order valence-electron chi connectivity index (χ2n) is 6.10. The van der Waals surface area contributed by atoms with E-state index >= 15 is 0 Å². The van der Waals surface area contributed by atoms with Gasteiger partial charge >= 0.3 is 0 Å². The number of aryl methyl sites for hydroxylation is 1. The zero-order valence-corrected chi connectivity index (χ0v) is 15.3. The molecule has 7 heteroatoms. The van der Waals surface area contributed by atoms with Gasteiger partial charge in [-0.1, -0.05) is 30.3 Å². The fraction of sp³-hybridized carbons (Fsp3) is 0.263. The molecule has 1 amide bonds. The van der Waals surface area contributed by atoms with Crippen LogP contribution in [0.25, 0.3) is 10.4 Å². The molecular formula is C19H19N5OS. The van der Waals surface area contributed by atoms with Crippen LogP contribution in [0.5, 0.6) is 0 Å². The molecule has 1 aromatic carbocycles. The van der Waals surface area contributed by atoms with E-state index in [1.807, 2.05) is 42.2 Å². The number of aromatic nitrogens is 3. The molecule has 26 heavy (non-hydrogen) atoms. The second-order valence-corrected chi connectivity index (χ2v) is 7.31. The van der Waals surface area contributed by atoms with Crippen molar-refractivity contribution >= 4 is 23.2 Å². The van der Waals surface area contributed by atoms with Crippen LogP contribution >= 0.6 is 11.3 Å². The Hall–Kier alpha value is -2.80. The maximum Gasteiger partial charge on any atom is 0.274 e. The minimum atomic E-state index is 0.00170. The number of hydrogen-bond donors (Lipinski definition) is 0. The van der Waals surface area contributed by atoms with Gasteiger partial charge in [0.15, 0.2) is 0 Å². The van der Waals surface area contributed by atoms with Gasteiger partial charge in [0.2, 0.25) is 5.95 Å². The lowest BCUT2D eigenvalue weighted by Gasteiger charge is -2.34. The molecule has 0 radical (unpaired) electrons. The first-order valence-corrected chi connectivity index (χ1v) is 9.38. The summed E-state index contributed by atoms with van der Waals surface area (Å²) in [6.45, 7) is 4.67. The second kappa shape index (κ2) is 7.21. The van der Waals surface area contributed by atoms with Crippen molar-refractivity contribution in [1.29, 1.82) is 0 Å². The Labute approximate surface area is 156 Å². The van der Waals surface area contributed by atoms with Crippen molar-refractivity contribution in [3.05, 3.63) is 59.5 Å². The van der Waals surface area contributed by atoms with Gasteiger partial charge in [0.05, 0.1) is 9.88 Å². The largest absolute Gasteiger partial charge is 0.337 e. The lowest BCUT2D eigenvalue weighted by Crippen LogP contribution is -2.49. The number of thiazole rings is 1. The molecule has 0 N–H and O–H groups in total. The Morgan fingerprint density at radius 1 is 1.00 bits per heavy atom. The quantitative estimate of drug-likeness (QED) is 0.714. The Morgan fingerprint density at radius 3 is 2.38 bits per heavy atom. The Bertz CT molecular complexity index is 889. The molecule has 132 valence electrons. The normalized spacial score (nSPS) is 14.5. The van der Waals surface area contributed by atoms with Gasteiger partial charge in [-0.2, -0.15) is 0 Å². The van der Waals surface area contributed by atoms with Crippen molar-refractivity contribution in [2.45, 2.75) is 6.92 Å². The van der Waals surface area contributed by atoms with Gasteiger partial charge in [0.25, 0.3) is 5.91 Å². The number of carbonyl (C=O) groups excluding carboxylic acids is 1. The van der Waals surface area contributed by atoms with Gasteiger partial charge in [0, 0.05) is 38.6 Å². The van der Waals surface area contributed by atoms with Crippen LogP contribution < -0.4 is 4.90 Å². The van der Waals surface area contributed by atoms with Crippen LogP contribution in [-0.2, 0) is 0 Å². The maximum absolute atomic E-state index is 13.1. The third-order valence-corrected chi connectivity index (χ3v) is 5.39. The molecular weight excluding hydrogens is 346 g/mol. The highest BCUT2D eigenvalue weighted by Gasteiger charge is 2.27. The first-order valence-electron chi connectivity index (χ1n) is 8.56. The van der Waals surface area contributed by atoms with Gasteiger partial charge in [-0.3, -0.25) is 4.79 Å². The number of hydrogen-bond acceptors (Lipinski definition) is 6. The van der Waals surface area contributed by atoms with E-state index in [0.717, 1.165) is 28.5 Å². The molecule has 1 fully saturated rings. The minimum Gasteiger partial charge on any atom is -0.337 e. The molecule has 1 aliphatic heterocycles. The topological polar surface area (TPSA) is 62.2 Å². The average Bonchev–Trinajstić information content (AvgIpc) is 3.11. The predicted octanol–water partition coefficient (Wildman–Crippen LogP) is 2.87. The van der Waals surface area contributed by atoms with E-state index in [-0.39, 0.29) is 5.91 Å². The number of piperazine rings is 1. The van der Waals surface area contributed by atoms with E-state index in [1.165, 1.54) is 0 Å². The van der Waals surface area contributed by atoms with Crippen LogP contribution in [0.4, 0.5) is 5.95 Å². The van der Waals surface area contributed by atoms with E-state index < -0.39 is 0 Å².